The maximum absolute atomic E-state index is 13.0. The number of likely N-dealkylation sites (tertiary alicyclic amines) is 1. The number of hydrogen-bond donors (Lipinski definition) is 1. The van der Waals surface area contributed by atoms with Gasteiger partial charge >= 0.3 is 0 Å². The first-order valence-electron chi connectivity index (χ1n) is 10.0. The van der Waals surface area contributed by atoms with Crippen molar-refractivity contribution in [2.45, 2.75) is 45.2 Å². The maximum atomic E-state index is 13.0. The summed E-state index contributed by atoms with van der Waals surface area (Å²) < 4.78 is 15.8. The van der Waals surface area contributed by atoms with Crippen LogP contribution in [0.4, 0.5) is 4.39 Å². The quantitative estimate of drug-likeness (QED) is 0.666. The molecule has 156 valence electrons. The first-order valence-corrected chi connectivity index (χ1v) is 10.9. The number of aromatic nitrogens is 3. The molecule has 3 aromatic rings. The Balaban J connectivity index is 1.58. The lowest BCUT2D eigenvalue weighted by molar-refractivity contribution is -0.123. The molecule has 0 aromatic carbocycles. The van der Waals surface area contributed by atoms with Crippen molar-refractivity contribution in [1.82, 2.24) is 24.4 Å². The molecule has 1 atom stereocenters. The molecule has 0 spiro atoms. The highest BCUT2D eigenvalue weighted by molar-refractivity contribution is 7.16. The topological polar surface area (TPSA) is 71.6 Å². The van der Waals surface area contributed by atoms with Crippen LogP contribution in [0.15, 0.2) is 22.3 Å². The van der Waals surface area contributed by atoms with Gasteiger partial charge in [0.2, 0.25) is 5.91 Å². The van der Waals surface area contributed by atoms with Crippen LogP contribution in [0, 0.1) is 0 Å². The highest BCUT2D eigenvalue weighted by atomic mass is 32.1. The lowest BCUT2D eigenvalue weighted by Gasteiger charge is -2.32. The SMILES string of the molecule is CC(C)c1nn(CC(=O)N[C@@H]2CCCN(CCF)C2)c(=O)c2cc3ccsc3n12. The molecule has 0 unspecified atom stereocenters. The Kier molecular flexibility index (Phi) is 5.69. The van der Waals surface area contributed by atoms with Gasteiger partial charge in [0.25, 0.3) is 5.56 Å². The molecule has 0 radical (unpaired) electrons. The van der Waals surface area contributed by atoms with E-state index in [0.717, 1.165) is 35.4 Å². The van der Waals surface area contributed by atoms with Crippen LogP contribution in [0.3, 0.4) is 0 Å². The monoisotopic (exact) mass is 419 g/mol. The molecule has 1 amide bonds. The van der Waals surface area contributed by atoms with Crippen LogP contribution >= 0.6 is 11.3 Å². The highest BCUT2D eigenvalue weighted by Gasteiger charge is 2.23. The van der Waals surface area contributed by atoms with Gasteiger partial charge in [0.1, 0.15) is 29.4 Å². The smallest absolute Gasteiger partial charge is 0.291 e. The van der Waals surface area contributed by atoms with E-state index >= 15 is 0 Å². The number of piperidine rings is 1. The molecular weight excluding hydrogens is 393 g/mol. The van der Waals surface area contributed by atoms with Gasteiger partial charge in [-0.1, -0.05) is 13.8 Å². The predicted octanol–water partition coefficient (Wildman–Crippen LogP) is 2.38. The fraction of sp³-hybridized carbons (Fsp3) is 0.550. The Morgan fingerprint density at radius 2 is 2.28 bits per heavy atom. The molecule has 3 aromatic heterocycles. The largest absolute Gasteiger partial charge is 0.350 e. The summed E-state index contributed by atoms with van der Waals surface area (Å²) in [5.41, 5.74) is 0.279. The van der Waals surface area contributed by atoms with Crippen LogP contribution in [0.2, 0.25) is 0 Å². The molecule has 9 heteroatoms. The van der Waals surface area contributed by atoms with E-state index in [1.54, 1.807) is 11.3 Å². The normalized spacial score (nSPS) is 18.1. The molecule has 1 N–H and O–H groups in total. The summed E-state index contributed by atoms with van der Waals surface area (Å²) in [4.78, 5) is 28.6. The number of halogens is 1. The van der Waals surface area contributed by atoms with Crippen LogP contribution in [0.25, 0.3) is 15.7 Å². The number of amides is 1. The zero-order chi connectivity index (χ0) is 20.5. The van der Waals surface area contributed by atoms with Crippen molar-refractivity contribution in [3.05, 3.63) is 33.7 Å². The van der Waals surface area contributed by atoms with Crippen LogP contribution < -0.4 is 10.9 Å². The van der Waals surface area contributed by atoms with Gasteiger partial charge in [-0.2, -0.15) is 5.10 Å². The Hall–Kier alpha value is -2.26. The van der Waals surface area contributed by atoms with E-state index in [2.05, 4.69) is 10.4 Å². The molecule has 0 aliphatic carbocycles. The summed E-state index contributed by atoms with van der Waals surface area (Å²) in [5.74, 6) is 0.619. The van der Waals surface area contributed by atoms with Gasteiger partial charge in [-0.15, -0.1) is 11.3 Å². The number of rotatable bonds is 6. The van der Waals surface area contributed by atoms with E-state index < -0.39 is 0 Å². The van der Waals surface area contributed by atoms with E-state index in [-0.39, 0.29) is 36.6 Å². The summed E-state index contributed by atoms with van der Waals surface area (Å²) in [6, 6.07) is 3.83. The average molecular weight is 420 g/mol. The first kappa shape index (κ1) is 20.0. The van der Waals surface area contributed by atoms with Gasteiger partial charge in [0.05, 0.1) is 0 Å². The molecule has 1 aliphatic heterocycles. The number of nitrogens with zero attached hydrogens (tertiary/aromatic N) is 4. The number of alkyl halides is 1. The zero-order valence-corrected chi connectivity index (χ0v) is 17.5. The fourth-order valence-electron chi connectivity index (χ4n) is 4.04. The molecule has 1 saturated heterocycles. The fourth-order valence-corrected chi connectivity index (χ4v) is 4.94. The van der Waals surface area contributed by atoms with Crippen molar-refractivity contribution >= 4 is 33.0 Å². The lowest BCUT2D eigenvalue weighted by atomic mass is 10.1. The average Bonchev–Trinajstić information content (AvgIpc) is 3.26. The summed E-state index contributed by atoms with van der Waals surface area (Å²) in [7, 11) is 0. The molecule has 0 saturated carbocycles. The van der Waals surface area contributed by atoms with Crippen LogP contribution in [0.1, 0.15) is 38.4 Å². The number of carbonyl (C=O) groups is 1. The van der Waals surface area contributed by atoms with E-state index in [9.17, 15) is 14.0 Å². The van der Waals surface area contributed by atoms with Gasteiger partial charge in [-0.25, -0.2) is 9.07 Å². The van der Waals surface area contributed by atoms with E-state index in [0.29, 0.717) is 18.6 Å². The van der Waals surface area contributed by atoms with Crippen molar-refractivity contribution in [2.75, 3.05) is 26.3 Å². The Morgan fingerprint density at radius 3 is 3.03 bits per heavy atom. The predicted molar refractivity (Wildman–Crippen MR) is 113 cm³/mol. The molecule has 4 rings (SSSR count). The second kappa shape index (κ2) is 8.23. The minimum Gasteiger partial charge on any atom is -0.350 e. The van der Waals surface area contributed by atoms with E-state index in [4.69, 9.17) is 0 Å². The van der Waals surface area contributed by atoms with Crippen molar-refractivity contribution < 1.29 is 9.18 Å². The van der Waals surface area contributed by atoms with Crippen LogP contribution in [-0.4, -0.2) is 57.3 Å². The van der Waals surface area contributed by atoms with Crippen molar-refractivity contribution in [3.8, 4) is 0 Å². The standard InChI is InChI=1S/C20H26FN5O2S/c1-13(2)18-23-25(19(28)16-10-14-5-9-29-20(14)26(16)18)12-17(27)22-15-4-3-7-24(11-15)8-6-21/h5,9-10,13,15H,3-4,6-8,11-12H2,1-2H3,(H,22,27)/t15-/m1/s1. The number of thiophene rings is 1. The number of nitrogens with one attached hydrogen (secondary N) is 1. The van der Waals surface area contributed by atoms with Crippen LogP contribution in [-0.2, 0) is 11.3 Å². The Bertz CT molecular complexity index is 1080. The zero-order valence-electron chi connectivity index (χ0n) is 16.7. The summed E-state index contributed by atoms with van der Waals surface area (Å²) in [6.45, 7) is 5.45. The summed E-state index contributed by atoms with van der Waals surface area (Å²) in [6.07, 6.45) is 1.79. The summed E-state index contributed by atoms with van der Waals surface area (Å²) >= 11 is 1.58. The minimum atomic E-state index is -0.382. The summed E-state index contributed by atoms with van der Waals surface area (Å²) in [5, 5.41) is 10.5. The Labute approximate surface area is 172 Å². The highest BCUT2D eigenvalue weighted by Crippen LogP contribution is 2.26. The van der Waals surface area contributed by atoms with Gasteiger partial charge in [-0.05, 0) is 36.9 Å². The second-order valence-corrected chi connectivity index (χ2v) is 8.81. The second-order valence-electron chi connectivity index (χ2n) is 7.92. The number of fused-ring (bicyclic) bond motifs is 3. The number of carbonyl (C=O) groups excluding carboxylic acids is 1. The first-order chi connectivity index (χ1) is 14.0. The molecular formula is C20H26FN5O2S. The van der Waals surface area contributed by atoms with Gasteiger partial charge < -0.3 is 5.32 Å². The molecule has 4 heterocycles. The van der Waals surface area contributed by atoms with Gasteiger partial charge in [0.15, 0.2) is 0 Å². The third-order valence-electron chi connectivity index (χ3n) is 5.40. The van der Waals surface area contributed by atoms with Crippen molar-refractivity contribution in [3.63, 3.8) is 0 Å². The molecule has 0 bridgehead atoms. The molecule has 7 nitrogen and oxygen atoms in total. The lowest BCUT2D eigenvalue weighted by Crippen LogP contribution is -2.49. The van der Waals surface area contributed by atoms with Gasteiger partial charge in [0, 0.05) is 30.4 Å². The third kappa shape index (κ3) is 3.93. The van der Waals surface area contributed by atoms with E-state index in [1.807, 2.05) is 40.7 Å². The van der Waals surface area contributed by atoms with Crippen LogP contribution in [0.5, 0.6) is 0 Å². The van der Waals surface area contributed by atoms with Gasteiger partial charge in [-0.3, -0.25) is 18.9 Å². The maximum Gasteiger partial charge on any atom is 0.291 e. The molecule has 1 aliphatic rings. The third-order valence-corrected chi connectivity index (χ3v) is 6.31. The molecule has 29 heavy (non-hydrogen) atoms. The minimum absolute atomic E-state index is 0.0227. The van der Waals surface area contributed by atoms with E-state index in [1.165, 1.54) is 4.68 Å². The van der Waals surface area contributed by atoms with Crippen molar-refractivity contribution in [2.24, 2.45) is 0 Å². The van der Waals surface area contributed by atoms with Crippen molar-refractivity contribution in [1.29, 1.82) is 0 Å². The Morgan fingerprint density at radius 1 is 1.45 bits per heavy atom. The molecule has 1 fully saturated rings. The number of hydrogen-bond acceptors (Lipinski definition) is 5.